The van der Waals surface area contributed by atoms with Crippen molar-refractivity contribution in [3.05, 3.63) is 0 Å². The zero-order valence-electron chi connectivity index (χ0n) is 4.91. The highest BCUT2D eigenvalue weighted by molar-refractivity contribution is 4.81. The summed E-state index contributed by atoms with van der Waals surface area (Å²) in [5.41, 5.74) is 0. The maximum Gasteiger partial charge on any atom is 0.0193 e. The zero-order valence-corrected chi connectivity index (χ0v) is 4.91. The van der Waals surface area contributed by atoms with Gasteiger partial charge in [-0.05, 0) is 6.42 Å². The zero-order chi connectivity index (χ0) is 5.11. The topological polar surface area (TPSA) is 21.9 Å². The molecule has 1 atom stereocenters. The van der Waals surface area contributed by atoms with E-state index in [1.165, 1.54) is 25.8 Å². The molecule has 1 fully saturated rings. The minimum Gasteiger partial charge on any atom is -0.311 e. The number of hydrogen-bond acceptors (Lipinski definition) is 1. The van der Waals surface area contributed by atoms with Crippen LogP contribution in [-0.2, 0) is 0 Å². The van der Waals surface area contributed by atoms with Crippen LogP contribution in [0.4, 0.5) is 0 Å². The molecule has 0 aliphatic carbocycles. The van der Waals surface area contributed by atoms with Crippen molar-refractivity contribution < 1.29 is 0 Å². The van der Waals surface area contributed by atoms with Gasteiger partial charge < -0.3 is 5.32 Å². The van der Waals surface area contributed by atoms with Crippen LogP contribution in [0.15, 0.2) is 0 Å². The quantitative estimate of drug-likeness (QED) is 0.527. The third-order valence-electron chi connectivity index (χ3n) is 1.40. The SMILES string of the molecule is CCCCC1CN1. The fourth-order valence-electron chi connectivity index (χ4n) is 0.738. The molecule has 0 aromatic rings. The highest BCUT2D eigenvalue weighted by atomic mass is 15.1. The van der Waals surface area contributed by atoms with Crippen LogP contribution in [0, 0.1) is 0 Å². The van der Waals surface area contributed by atoms with E-state index in [1.54, 1.807) is 0 Å². The molecule has 1 nitrogen and oxygen atoms in total. The molecular weight excluding hydrogens is 86.1 g/mol. The second-order valence-corrected chi connectivity index (χ2v) is 2.25. The van der Waals surface area contributed by atoms with Gasteiger partial charge in [0.1, 0.15) is 0 Å². The van der Waals surface area contributed by atoms with E-state index in [-0.39, 0.29) is 0 Å². The molecular formula is C6H13N. The van der Waals surface area contributed by atoms with Gasteiger partial charge in [-0.1, -0.05) is 19.8 Å². The average molecular weight is 99.2 g/mol. The fourth-order valence-corrected chi connectivity index (χ4v) is 0.738. The van der Waals surface area contributed by atoms with Crippen molar-refractivity contribution in [2.24, 2.45) is 0 Å². The third-order valence-corrected chi connectivity index (χ3v) is 1.40. The summed E-state index contributed by atoms with van der Waals surface area (Å²) >= 11 is 0. The second-order valence-electron chi connectivity index (χ2n) is 2.25. The molecule has 1 saturated heterocycles. The number of nitrogens with one attached hydrogen (secondary N) is 1. The van der Waals surface area contributed by atoms with E-state index in [0.717, 1.165) is 6.04 Å². The van der Waals surface area contributed by atoms with Gasteiger partial charge in [-0.2, -0.15) is 0 Å². The van der Waals surface area contributed by atoms with E-state index < -0.39 is 0 Å². The maximum absolute atomic E-state index is 3.27. The summed E-state index contributed by atoms with van der Waals surface area (Å²) in [6.07, 6.45) is 4.15. The summed E-state index contributed by atoms with van der Waals surface area (Å²) in [5, 5.41) is 3.27. The largest absolute Gasteiger partial charge is 0.311 e. The van der Waals surface area contributed by atoms with Crippen molar-refractivity contribution in [1.82, 2.24) is 5.32 Å². The standard InChI is InChI=1S/C6H13N/c1-2-3-4-6-5-7-6/h6-7H,2-5H2,1H3. The molecule has 0 aromatic heterocycles. The molecule has 1 heteroatoms. The fraction of sp³-hybridized carbons (Fsp3) is 1.00. The van der Waals surface area contributed by atoms with Crippen LogP contribution in [0.2, 0.25) is 0 Å². The lowest BCUT2D eigenvalue weighted by atomic mass is 10.2. The number of rotatable bonds is 3. The lowest BCUT2D eigenvalue weighted by Gasteiger charge is -1.87. The lowest BCUT2D eigenvalue weighted by Crippen LogP contribution is -1.87. The molecule has 1 heterocycles. The van der Waals surface area contributed by atoms with Crippen LogP contribution in [0.1, 0.15) is 26.2 Å². The molecule has 1 N–H and O–H groups in total. The second kappa shape index (κ2) is 2.31. The van der Waals surface area contributed by atoms with Crippen LogP contribution in [0.5, 0.6) is 0 Å². The molecule has 7 heavy (non-hydrogen) atoms. The van der Waals surface area contributed by atoms with Crippen molar-refractivity contribution in [3.8, 4) is 0 Å². The van der Waals surface area contributed by atoms with Crippen LogP contribution in [-0.4, -0.2) is 12.6 Å². The first-order valence-electron chi connectivity index (χ1n) is 3.17. The van der Waals surface area contributed by atoms with Gasteiger partial charge in [0.15, 0.2) is 0 Å². The molecule has 0 radical (unpaired) electrons. The monoisotopic (exact) mass is 99.1 g/mol. The van der Waals surface area contributed by atoms with E-state index in [2.05, 4.69) is 12.2 Å². The Bertz CT molecular complexity index is 48.1. The minimum atomic E-state index is 0.903. The molecule has 0 amide bonds. The minimum absolute atomic E-state index is 0.903. The van der Waals surface area contributed by atoms with E-state index >= 15 is 0 Å². The van der Waals surface area contributed by atoms with Crippen LogP contribution >= 0.6 is 0 Å². The van der Waals surface area contributed by atoms with Crippen LogP contribution in [0.3, 0.4) is 0 Å². The highest BCUT2D eigenvalue weighted by Crippen LogP contribution is 2.06. The molecule has 1 rings (SSSR count). The summed E-state index contributed by atoms with van der Waals surface area (Å²) in [6, 6.07) is 0.903. The number of unbranched alkanes of at least 4 members (excludes halogenated alkanes) is 1. The molecule has 0 bridgehead atoms. The van der Waals surface area contributed by atoms with E-state index in [4.69, 9.17) is 0 Å². The summed E-state index contributed by atoms with van der Waals surface area (Å²) in [6.45, 7) is 3.52. The van der Waals surface area contributed by atoms with Gasteiger partial charge in [-0.25, -0.2) is 0 Å². The van der Waals surface area contributed by atoms with Gasteiger partial charge in [-0.3, -0.25) is 0 Å². The van der Waals surface area contributed by atoms with Crippen molar-refractivity contribution in [2.75, 3.05) is 6.54 Å². The first-order chi connectivity index (χ1) is 3.43. The van der Waals surface area contributed by atoms with Gasteiger partial charge in [0.05, 0.1) is 0 Å². The van der Waals surface area contributed by atoms with E-state index in [0.29, 0.717) is 0 Å². The predicted molar refractivity (Wildman–Crippen MR) is 31.3 cm³/mol. The molecule has 0 saturated carbocycles. The van der Waals surface area contributed by atoms with Crippen molar-refractivity contribution in [1.29, 1.82) is 0 Å². The third kappa shape index (κ3) is 1.93. The Labute approximate surface area is 45.1 Å². The van der Waals surface area contributed by atoms with Gasteiger partial charge in [0, 0.05) is 12.6 Å². The van der Waals surface area contributed by atoms with Crippen molar-refractivity contribution in [3.63, 3.8) is 0 Å². The number of hydrogen-bond donors (Lipinski definition) is 1. The smallest absolute Gasteiger partial charge is 0.0193 e. The van der Waals surface area contributed by atoms with Gasteiger partial charge in [-0.15, -0.1) is 0 Å². The first kappa shape index (κ1) is 5.10. The summed E-state index contributed by atoms with van der Waals surface area (Å²) < 4.78 is 0. The molecule has 1 unspecified atom stereocenters. The first-order valence-corrected chi connectivity index (χ1v) is 3.17. The Morgan fingerprint density at radius 2 is 2.43 bits per heavy atom. The van der Waals surface area contributed by atoms with E-state index in [9.17, 15) is 0 Å². The lowest BCUT2D eigenvalue weighted by molar-refractivity contribution is 0.707. The molecule has 1 aliphatic heterocycles. The normalized spacial score (nSPS) is 27.9. The summed E-state index contributed by atoms with van der Waals surface area (Å²) in [4.78, 5) is 0. The van der Waals surface area contributed by atoms with Gasteiger partial charge in [0.25, 0.3) is 0 Å². The summed E-state index contributed by atoms with van der Waals surface area (Å²) in [7, 11) is 0. The molecule has 0 aromatic carbocycles. The van der Waals surface area contributed by atoms with Crippen LogP contribution in [0.25, 0.3) is 0 Å². The molecule has 0 spiro atoms. The average Bonchev–Trinajstić information content (AvgIpc) is 2.42. The van der Waals surface area contributed by atoms with Crippen molar-refractivity contribution in [2.45, 2.75) is 32.2 Å². The highest BCUT2D eigenvalue weighted by Gasteiger charge is 2.17. The van der Waals surface area contributed by atoms with E-state index in [1.807, 2.05) is 0 Å². The molecule has 42 valence electrons. The van der Waals surface area contributed by atoms with Gasteiger partial charge in [0.2, 0.25) is 0 Å². The van der Waals surface area contributed by atoms with Crippen LogP contribution < -0.4 is 5.32 Å². The maximum atomic E-state index is 3.27. The Balaban J connectivity index is 1.80. The van der Waals surface area contributed by atoms with Crippen molar-refractivity contribution >= 4 is 0 Å². The Morgan fingerprint density at radius 3 is 2.86 bits per heavy atom. The van der Waals surface area contributed by atoms with Gasteiger partial charge >= 0.3 is 0 Å². The molecule has 1 aliphatic rings. The predicted octanol–water partition coefficient (Wildman–Crippen LogP) is 1.15. The Kier molecular flexibility index (Phi) is 1.69. The Morgan fingerprint density at radius 1 is 1.71 bits per heavy atom. The summed E-state index contributed by atoms with van der Waals surface area (Å²) in [5.74, 6) is 0. The Hall–Kier alpha value is -0.0400.